The summed E-state index contributed by atoms with van der Waals surface area (Å²) in [7, 11) is 0. The van der Waals surface area contributed by atoms with Gasteiger partial charge >= 0.3 is 0 Å². The molecule has 2 aromatic carbocycles. The molecule has 3 N–H and O–H groups in total. The molecule has 0 aromatic heterocycles. The van der Waals surface area contributed by atoms with Gasteiger partial charge < -0.3 is 10.8 Å². The van der Waals surface area contributed by atoms with Crippen LogP contribution in [0, 0.1) is 6.92 Å². The molecule has 0 saturated heterocycles. The summed E-state index contributed by atoms with van der Waals surface area (Å²) in [6.45, 7) is 2.48. The second kappa shape index (κ2) is 5.80. The van der Waals surface area contributed by atoms with Crippen molar-refractivity contribution in [3.05, 3.63) is 71.3 Å². The Labute approximate surface area is 108 Å². The predicted molar refractivity (Wildman–Crippen MR) is 74.4 cm³/mol. The van der Waals surface area contributed by atoms with Crippen molar-refractivity contribution in [3.63, 3.8) is 0 Å². The summed E-state index contributed by atoms with van der Waals surface area (Å²) >= 11 is 0. The molecular formula is C16H19NO. The summed E-state index contributed by atoms with van der Waals surface area (Å²) in [4.78, 5) is 0. The van der Waals surface area contributed by atoms with Crippen molar-refractivity contribution in [2.24, 2.45) is 5.73 Å². The molecule has 18 heavy (non-hydrogen) atoms. The van der Waals surface area contributed by atoms with E-state index in [4.69, 9.17) is 5.73 Å². The summed E-state index contributed by atoms with van der Waals surface area (Å²) in [5, 5.41) is 10.4. The molecule has 0 bridgehead atoms. The number of benzene rings is 2. The minimum Gasteiger partial charge on any atom is -0.388 e. The van der Waals surface area contributed by atoms with Crippen LogP contribution in [0.15, 0.2) is 54.6 Å². The summed E-state index contributed by atoms with van der Waals surface area (Å²) < 4.78 is 0. The van der Waals surface area contributed by atoms with Crippen LogP contribution in [0.5, 0.6) is 0 Å². The highest BCUT2D eigenvalue weighted by Crippen LogP contribution is 2.30. The predicted octanol–water partition coefficient (Wildman–Crippen LogP) is 2.77. The zero-order valence-corrected chi connectivity index (χ0v) is 10.6. The van der Waals surface area contributed by atoms with Crippen LogP contribution in [0.4, 0.5) is 0 Å². The highest BCUT2D eigenvalue weighted by atomic mass is 16.3. The van der Waals surface area contributed by atoms with Crippen molar-refractivity contribution in [3.8, 4) is 0 Å². The van der Waals surface area contributed by atoms with Gasteiger partial charge in [-0.3, -0.25) is 0 Å². The first kappa shape index (κ1) is 12.8. The SMILES string of the molecule is Cc1ccc(C(CN)C(O)c2ccccc2)cc1. The maximum absolute atomic E-state index is 10.4. The zero-order valence-electron chi connectivity index (χ0n) is 10.6. The second-order valence-electron chi connectivity index (χ2n) is 4.61. The number of aliphatic hydroxyl groups is 1. The number of aryl methyl sites for hydroxylation is 1. The van der Waals surface area contributed by atoms with Crippen LogP contribution in [0.25, 0.3) is 0 Å². The van der Waals surface area contributed by atoms with Gasteiger partial charge in [0.1, 0.15) is 0 Å². The Kier molecular flexibility index (Phi) is 4.13. The molecule has 0 aliphatic carbocycles. The number of hydrogen-bond acceptors (Lipinski definition) is 2. The van der Waals surface area contributed by atoms with Crippen molar-refractivity contribution >= 4 is 0 Å². The van der Waals surface area contributed by atoms with Crippen molar-refractivity contribution in [2.45, 2.75) is 18.9 Å². The molecule has 2 unspecified atom stereocenters. The standard InChI is InChI=1S/C16H19NO/c1-12-7-9-13(10-8-12)15(11-17)16(18)14-5-3-2-4-6-14/h2-10,15-16,18H,11,17H2,1H3. The third-order valence-electron chi connectivity index (χ3n) is 3.28. The van der Waals surface area contributed by atoms with E-state index in [1.54, 1.807) is 0 Å². The monoisotopic (exact) mass is 241 g/mol. The Balaban J connectivity index is 2.26. The van der Waals surface area contributed by atoms with Gasteiger partial charge in [0, 0.05) is 12.5 Å². The van der Waals surface area contributed by atoms with Crippen LogP contribution < -0.4 is 5.73 Å². The third kappa shape index (κ3) is 2.78. The van der Waals surface area contributed by atoms with Crippen molar-refractivity contribution in [2.75, 3.05) is 6.54 Å². The smallest absolute Gasteiger partial charge is 0.0870 e. The molecule has 2 atom stereocenters. The average molecular weight is 241 g/mol. The van der Waals surface area contributed by atoms with E-state index < -0.39 is 6.10 Å². The lowest BCUT2D eigenvalue weighted by Crippen LogP contribution is -2.20. The van der Waals surface area contributed by atoms with Crippen LogP contribution in [0.2, 0.25) is 0 Å². The average Bonchev–Trinajstić information content (AvgIpc) is 2.42. The van der Waals surface area contributed by atoms with Crippen molar-refractivity contribution in [1.29, 1.82) is 0 Å². The Morgan fingerprint density at radius 2 is 1.56 bits per heavy atom. The number of rotatable bonds is 4. The van der Waals surface area contributed by atoms with Gasteiger partial charge in [-0.05, 0) is 18.1 Å². The molecule has 2 heteroatoms. The molecule has 0 aliphatic rings. The molecule has 0 amide bonds. The molecule has 2 rings (SSSR count). The van der Waals surface area contributed by atoms with Crippen molar-refractivity contribution < 1.29 is 5.11 Å². The normalized spacial score (nSPS) is 14.2. The number of hydrogen-bond donors (Lipinski definition) is 2. The van der Waals surface area contributed by atoms with Gasteiger partial charge in [0.05, 0.1) is 6.10 Å². The van der Waals surface area contributed by atoms with Gasteiger partial charge in [0.15, 0.2) is 0 Å². The Hall–Kier alpha value is -1.64. The summed E-state index contributed by atoms with van der Waals surface area (Å²) in [5.74, 6) is -0.0620. The first-order valence-electron chi connectivity index (χ1n) is 6.22. The number of nitrogens with two attached hydrogens (primary N) is 1. The van der Waals surface area contributed by atoms with Crippen LogP contribution in [0.3, 0.4) is 0 Å². The molecule has 0 radical (unpaired) electrons. The Morgan fingerprint density at radius 3 is 2.11 bits per heavy atom. The van der Waals surface area contributed by atoms with Gasteiger partial charge in [-0.1, -0.05) is 60.2 Å². The Morgan fingerprint density at radius 1 is 0.944 bits per heavy atom. The molecule has 2 aromatic rings. The minimum absolute atomic E-state index is 0.0620. The molecule has 0 fully saturated rings. The summed E-state index contributed by atoms with van der Waals surface area (Å²) in [5.41, 5.74) is 9.03. The van der Waals surface area contributed by atoms with E-state index >= 15 is 0 Å². The van der Waals surface area contributed by atoms with Crippen molar-refractivity contribution in [1.82, 2.24) is 0 Å². The fourth-order valence-electron chi connectivity index (χ4n) is 2.14. The quantitative estimate of drug-likeness (QED) is 0.864. The molecular weight excluding hydrogens is 222 g/mol. The highest BCUT2D eigenvalue weighted by Gasteiger charge is 2.20. The van der Waals surface area contributed by atoms with E-state index in [2.05, 4.69) is 19.1 Å². The first-order valence-corrected chi connectivity index (χ1v) is 6.22. The third-order valence-corrected chi connectivity index (χ3v) is 3.28. The second-order valence-corrected chi connectivity index (χ2v) is 4.61. The van der Waals surface area contributed by atoms with E-state index in [1.807, 2.05) is 42.5 Å². The van der Waals surface area contributed by atoms with E-state index in [0.717, 1.165) is 11.1 Å². The minimum atomic E-state index is -0.557. The molecule has 94 valence electrons. The van der Waals surface area contributed by atoms with Gasteiger partial charge in [-0.15, -0.1) is 0 Å². The van der Waals surface area contributed by atoms with Gasteiger partial charge in [0.25, 0.3) is 0 Å². The Bertz CT molecular complexity index is 478. The molecule has 0 spiro atoms. The highest BCUT2D eigenvalue weighted by molar-refractivity contribution is 5.29. The maximum atomic E-state index is 10.4. The lowest BCUT2D eigenvalue weighted by atomic mass is 9.89. The fourth-order valence-corrected chi connectivity index (χ4v) is 2.14. The number of aliphatic hydroxyl groups excluding tert-OH is 1. The molecule has 0 heterocycles. The van der Waals surface area contributed by atoms with Crippen LogP contribution >= 0.6 is 0 Å². The topological polar surface area (TPSA) is 46.2 Å². The summed E-state index contributed by atoms with van der Waals surface area (Å²) in [6.07, 6.45) is -0.557. The largest absolute Gasteiger partial charge is 0.388 e. The molecule has 0 aliphatic heterocycles. The lowest BCUT2D eigenvalue weighted by Gasteiger charge is -2.22. The van der Waals surface area contributed by atoms with E-state index in [9.17, 15) is 5.11 Å². The molecule has 0 saturated carbocycles. The molecule has 2 nitrogen and oxygen atoms in total. The van der Waals surface area contributed by atoms with E-state index in [-0.39, 0.29) is 5.92 Å². The van der Waals surface area contributed by atoms with Crippen LogP contribution in [-0.4, -0.2) is 11.7 Å². The lowest BCUT2D eigenvalue weighted by molar-refractivity contribution is 0.147. The van der Waals surface area contributed by atoms with E-state index in [0.29, 0.717) is 6.54 Å². The van der Waals surface area contributed by atoms with Crippen LogP contribution in [0.1, 0.15) is 28.7 Å². The van der Waals surface area contributed by atoms with E-state index in [1.165, 1.54) is 5.56 Å². The van der Waals surface area contributed by atoms with Crippen LogP contribution in [-0.2, 0) is 0 Å². The van der Waals surface area contributed by atoms with Gasteiger partial charge in [0.2, 0.25) is 0 Å². The first-order chi connectivity index (χ1) is 8.72. The zero-order chi connectivity index (χ0) is 13.0. The van der Waals surface area contributed by atoms with Gasteiger partial charge in [-0.2, -0.15) is 0 Å². The fraction of sp³-hybridized carbons (Fsp3) is 0.250. The van der Waals surface area contributed by atoms with Gasteiger partial charge in [-0.25, -0.2) is 0 Å². The maximum Gasteiger partial charge on any atom is 0.0870 e. The summed E-state index contributed by atoms with van der Waals surface area (Å²) in [6, 6.07) is 17.9.